The summed E-state index contributed by atoms with van der Waals surface area (Å²) in [5, 5.41) is 8.13. The van der Waals surface area contributed by atoms with Crippen LogP contribution in [0.5, 0.6) is 0 Å². The standard InChI is InChI=1S/C6H7BrN4/c1-5(9)11-4-6(7)10-3-2-8/h4H,1,3,9H2/b10-6+,11-4-. The van der Waals surface area contributed by atoms with Crippen LogP contribution in [0.1, 0.15) is 0 Å². The van der Waals surface area contributed by atoms with Gasteiger partial charge in [0.2, 0.25) is 0 Å². The molecule has 11 heavy (non-hydrogen) atoms. The summed E-state index contributed by atoms with van der Waals surface area (Å²) in [6, 6.07) is 1.85. The average molecular weight is 215 g/mol. The first kappa shape index (κ1) is 9.85. The first-order chi connectivity index (χ1) is 5.16. The van der Waals surface area contributed by atoms with E-state index in [0.29, 0.717) is 4.62 Å². The van der Waals surface area contributed by atoms with Gasteiger partial charge in [0.25, 0.3) is 0 Å². The van der Waals surface area contributed by atoms with E-state index < -0.39 is 0 Å². The summed E-state index contributed by atoms with van der Waals surface area (Å²) in [7, 11) is 0. The van der Waals surface area contributed by atoms with Crippen LogP contribution < -0.4 is 5.73 Å². The van der Waals surface area contributed by atoms with Crippen molar-refractivity contribution in [1.29, 1.82) is 5.26 Å². The quantitative estimate of drug-likeness (QED) is 0.558. The Morgan fingerprint density at radius 3 is 2.91 bits per heavy atom. The third kappa shape index (κ3) is 6.74. The average Bonchev–Trinajstić information content (AvgIpc) is 1.97. The molecule has 0 bridgehead atoms. The molecule has 0 spiro atoms. The van der Waals surface area contributed by atoms with Gasteiger partial charge in [-0.15, -0.1) is 0 Å². The van der Waals surface area contributed by atoms with Gasteiger partial charge in [0, 0.05) is 0 Å². The second kappa shape index (κ2) is 5.62. The van der Waals surface area contributed by atoms with Gasteiger partial charge in [0.05, 0.1) is 12.3 Å². The lowest BCUT2D eigenvalue weighted by Gasteiger charge is -1.86. The molecule has 4 nitrogen and oxygen atoms in total. The number of hydrogen-bond acceptors (Lipinski definition) is 4. The topological polar surface area (TPSA) is 74.5 Å². The molecule has 0 aliphatic rings. The predicted molar refractivity (Wildman–Crippen MR) is 48.7 cm³/mol. The van der Waals surface area contributed by atoms with Crippen LogP contribution >= 0.6 is 15.9 Å². The molecule has 0 heterocycles. The summed E-state index contributed by atoms with van der Waals surface area (Å²) in [6.07, 6.45) is 1.39. The Kier molecular flexibility index (Phi) is 5.03. The maximum absolute atomic E-state index is 8.13. The Balaban J connectivity index is 3.97. The van der Waals surface area contributed by atoms with E-state index in [-0.39, 0.29) is 12.4 Å². The van der Waals surface area contributed by atoms with Crippen molar-refractivity contribution in [2.75, 3.05) is 6.54 Å². The monoisotopic (exact) mass is 214 g/mol. The first-order valence-electron chi connectivity index (χ1n) is 2.72. The maximum Gasteiger partial charge on any atom is 0.127 e. The highest BCUT2D eigenvalue weighted by molar-refractivity contribution is 9.19. The van der Waals surface area contributed by atoms with E-state index in [2.05, 4.69) is 32.5 Å². The molecule has 58 valence electrons. The lowest BCUT2D eigenvalue weighted by Crippen LogP contribution is -1.95. The third-order valence-electron chi connectivity index (χ3n) is 0.638. The van der Waals surface area contributed by atoms with Crippen LogP contribution in [0.3, 0.4) is 0 Å². The lowest BCUT2D eigenvalue weighted by atomic mass is 10.7. The maximum atomic E-state index is 8.13. The molecule has 2 N–H and O–H groups in total. The Morgan fingerprint density at radius 1 is 1.82 bits per heavy atom. The highest BCUT2D eigenvalue weighted by Gasteiger charge is 1.84. The van der Waals surface area contributed by atoms with E-state index >= 15 is 0 Å². The van der Waals surface area contributed by atoms with Crippen molar-refractivity contribution < 1.29 is 0 Å². The van der Waals surface area contributed by atoms with E-state index in [1.165, 1.54) is 6.21 Å². The molecule has 0 aliphatic heterocycles. The predicted octanol–water partition coefficient (Wildman–Crippen LogP) is 0.804. The smallest absolute Gasteiger partial charge is 0.127 e. The van der Waals surface area contributed by atoms with Gasteiger partial charge in [-0.05, 0) is 15.9 Å². The highest BCUT2D eigenvalue weighted by Crippen LogP contribution is 1.87. The molecule has 0 radical (unpaired) electrons. The fourth-order valence-corrected chi connectivity index (χ4v) is 0.516. The molecule has 0 aromatic carbocycles. The molecule has 0 aromatic heterocycles. The summed E-state index contributed by atoms with van der Waals surface area (Å²) < 4.78 is 0.477. The van der Waals surface area contributed by atoms with E-state index in [1.54, 1.807) is 0 Å². The molecule has 0 unspecified atom stereocenters. The molecular formula is C6H7BrN4. The van der Waals surface area contributed by atoms with Gasteiger partial charge in [-0.25, -0.2) is 4.99 Å². The molecule has 0 aliphatic carbocycles. The van der Waals surface area contributed by atoms with Crippen molar-refractivity contribution in [2.45, 2.75) is 0 Å². The van der Waals surface area contributed by atoms with Crippen molar-refractivity contribution in [2.24, 2.45) is 15.7 Å². The number of nitrogens with two attached hydrogens (primary N) is 1. The molecule has 0 fully saturated rings. The van der Waals surface area contributed by atoms with Crippen molar-refractivity contribution in [1.82, 2.24) is 0 Å². The van der Waals surface area contributed by atoms with Gasteiger partial charge in [-0.2, -0.15) is 5.26 Å². The van der Waals surface area contributed by atoms with E-state index in [0.717, 1.165) is 0 Å². The summed E-state index contributed by atoms with van der Waals surface area (Å²) in [5.74, 6) is 0.203. The van der Waals surface area contributed by atoms with E-state index in [1.807, 2.05) is 6.07 Å². The minimum absolute atomic E-state index is 0.101. The van der Waals surface area contributed by atoms with Gasteiger partial charge in [-0.1, -0.05) is 6.58 Å². The molecule has 0 saturated carbocycles. The Labute approximate surface area is 73.3 Å². The highest BCUT2D eigenvalue weighted by atomic mass is 79.9. The summed E-state index contributed by atoms with van der Waals surface area (Å²) >= 11 is 3.06. The van der Waals surface area contributed by atoms with Gasteiger partial charge < -0.3 is 5.73 Å². The molecule has 0 atom stereocenters. The number of hydrogen-bond donors (Lipinski definition) is 1. The second-order valence-corrected chi connectivity index (χ2v) is 2.36. The lowest BCUT2D eigenvalue weighted by molar-refractivity contribution is 1.25. The summed E-state index contributed by atoms with van der Waals surface area (Å²) in [4.78, 5) is 7.39. The van der Waals surface area contributed by atoms with E-state index in [9.17, 15) is 0 Å². The second-order valence-electron chi connectivity index (χ2n) is 1.55. The Bertz CT molecular complexity index is 235. The molecule has 0 amide bonds. The Morgan fingerprint density at radius 2 is 2.45 bits per heavy atom. The van der Waals surface area contributed by atoms with Crippen LogP contribution in [0.2, 0.25) is 0 Å². The minimum Gasteiger partial charge on any atom is -0.384 e. The van der Waals surface area contributed by atoms with Crippen LogP contribution in [0, 0.1) is 11.3 Å². The van der Waals surface area contributed by atoms with E-state index in [4.69, 9.17) is 11.0 Å². The fourth-order valence-electron chi connectivity index (χ4n) is 0.288. The normalized spacial score (nSPS) is 11.5. The van der Waals surface area contributed by atoms with Gasteiger partial charge in [-0.3, -0.25) is 4.99 Å². The summed E-state index contributed by atoms with van der Waals surface area (Å²) in [5.41, 5.74) is 5.14. The molecular weight excluding hydrogens is 208 g/mol. The fraction of sp³-hybridized carbons (Fsp3) is 0.167. The van der Waals surface area contributed by atoms with Crippen LogP contribution in [-0.4, -0.2) is 17.4 Å². The zero-order chi connectivity index (χ0) is 8.69. The largest absolute Gasteiger partial charge is 0.384 e. The van der Waals surface area contributed by atoms with Gasteiger partial charge >= 0.3 is 0 Å². The summed E-state index contributed by atoms with van der Waals surface area (Å²) in [6.45, 7) is 3.45. The first-order valence-corrected chi connectivity index (χ1v) is 3.51. The number of halogens is 1. The van der Waals surface area contributed by atoms with Crippen molar-refractivity contribution in [3.8, 4) is 6.07 Å². The van der Waals surface area contributed by atoms with Gasteiger partial charge in [0.15, 0.2) is 0 Å². The van der Waals surface area contributed by atoms with Crippen LogP contribution in [0.25, 0.3) is 0 Å². The zero-order valence-electron chi connectivity index (χ0n) is 5.79. The molecule has 5 heteroatoms. The SMILES string of the molecule is C=C(N)/N=C\C(Br)=N/CC#N. The van der Waals surface area contributed by atoms with Gasteiger partial charge in [0.1, 0.15) is 17.0 Å². The van der Waals surface area contributed by atoms with Crippen molar-refractivity contribution in [3.63, 3.8) is 0 Å². The number of aliphatic imine (C=N–C) groups is 2. The Hall–Kier alpha value is -1.15. The minimum atomic E-state index is 0.101. The van der Waals surface area contributed by atoms with Crippen LogP contribution in [0.4, 0.5) is 0 Å². The molecule has 0 rings (SSSR count). The van der Waals surface area contributed by atoms with Crippen molar-refractivity contribution in [3.05, 3.63) is 12.4 Å². The van der Waals surface area contributed by atoms with Crippen LogP contribution in [0.15, 0.2) is 22.4 Å². The number of nitriles is 1. The van der Waals surface area contributed by atoms with Crippen molar-refractivity contribution >= 4 is 26.8 Å². The molecule has 0 aromatic rings. The molecule has 0 saturated heterocycles. The zero-order valence-corrected chi connectivity index (χ0v) is 7.37. The number of rotatable bonds is 3. The number of nitrogens with zero attached hydrogens (tertiary/aromatic N) is 3. The third-order valence-corrected chi connectivity index (χ3v) is 1.09. The van der Waals surface area contributed by atoms with Crippen LogP contribution in [-0.2, 0) is 0 Å².